The summed E-state index contributed by atoms with van der Waals surface area (Å²) in [6, 6.07) is 20.3. The maximum atomic E-state index is 12.7. The Balaban J connectivity index is 1.23. The van der Waals surface area contributed by atoms with Crippen molar-refractivity contribution in [2.24, 2.45) is 5.92 Å². The summed E-state index contributed by atoms with van der Waals surface area (Å²) < 4.78 is 2.27. The van der Waals surface area contributed by atoms with Crippen molar-refractivity contribution in [2.75, 3.05) is 24.5 Å². The van der Waals surface area contributed by atoms with Crippen LogP contribution in [0.3, 0.4) is 0 Å². The lowest BCUT2D eigenvalue weighted by Gasteiger charge is -2.32. The number of aromatic nitrogens is 1. The fourth-order valence-corrected chi connectivity index (χ4v) is 5.48. The number of carbonyl (C=O) groups is 1. The molecule has 2 heterocycles. The van der Waals surface area contributed by atoms with E-state index < -0.39 is 0 Å². The molecule has 1 aliphatic rings. The van der Waals surface area contributed by atoms with Crippen LogP contribution in [0.25, 0.3) is 21.0 Å². The lowest BCUT2D eigenvalue weighted by atomic mass is 9.98. The number of fused-ring (bicyclic) bond motifs is 2. The quantitative estimate of drug-likeness (QED) is 0.398. The van der Waals surface area contributed by atoms with E-state index in [4.69, 9.17) is 4.98 Å². The number of nitrogens with zero attached hydrogens (tertiary/aromatic N) is 2. The number of nitrogens with one attached hydrogen (secondary N) is 1. The number of para-hydroxylation sites is 1. The average molecular weight is 480 g/mol. The zero-order valence-electron chi connectivity index (χ0n) is 16.5. The smallest absolute Gasteiger partial charge is 0.251 e. The van der Waals surface area contributed by atoms with Gasteiger partial charge in [0.15, 0.2) is 5.13 Å². The summed E-state index contributed by atoms with van der Waals surface area (Å²) in [4.78, 5) is 19.9. The van der Waals surface area contributed by atoms with Gasteiger partial charge in [0.1, 0.15) is 0 Å². The molecule has 1 amide bonds. The third-order valence-corrected chi connectivity index (χ3v) is 7.28. The zero-order chi connectivity index (χ0) is 20.5. The Morgan fingerprint density at radius 2 is 1.97 bits per heavy atom. The molecule has 4 nitrogen and oxygen atoms in total. The van der Waals surface area contributed by atoms with Crippen molar-refractivity contribution in [3.05, 3.63) is 70.7 Å². The number of rotatable bonds is 4. The molecule has 0 radical (unpaired) electrons. The first-order valence-corrected chi connectivity index (χ1v) is 11.8. The molecule has 0 saturated carbocycles. The van der Waals surface area contributed by atoms with Crippen LogP contribution in [0.1, 0.15) is 23.2 Å². The molecule has 1 atom stereocenters. The number of thiazole rings is 1. The van der Waals surface area contributed by atoms with Crippen LogP contribution in [0, 0.1) is 5.92 Å². The van der Waals surface area contributed by atoms with E-state index in [9.17, 15) is 4.79 Å². The third-order valence-electron chi connectivity index (χ3n) is 5.69. The van der Waals surface area contributed by atoms with E-state index in [0.29, 0.717) is 18.0 Å². The normalized spacial score (nSPS) is 16.8. The largest absolute Gasteiger partial charge is 0.352 e. The fourth-order valence-electron chi connectivity index (χ4n) is 4.10. The summed E-state index contributed by atoms with van der Waals surface area (Å²) in [6.45, 7) is 2.66. The van der Waals surface area contributed by atoms with E-state index in [2.05, 4.69) is 50.4 Å². The van der Waals surface area contributed by atoms with Crippen molar-refractivity contribution in [3.63, 3.8) is 0 Å². The first kappa shape index (κ1) is 19.5. The van der Waals surface area contributed by atoms with Crippen LogP contribution >= 0.6 is 27.3 Å². The molecule has 1 saturated heterocycles. The van der Waals surface area contributed by atoms with Gasteiger partial charge in [-0.3, -0.25) is 4.79 Å². The molecule has 152 valence electrons. The van der Waals surface area contributed by atoms with Crippen molar-refractivity contribution in [2.45, 2.75) is 12.8 Å². The maximum absolute atomic E-state index is 12.7. The van der Waals surface area contributed by atoms with Crippen molar-refractivity contribution in [3.8, 4) is 0 Å². The molecule has 1 aliphatic heterocycles. The summed E-state index contributed by atoms with van der Waals surface area (Å²) >= 11 is 5.25. The molecule has 5 rings (SSSR count). The molecule has 0 bridgehead atoms. The lowest BCUT2D eigenvalue weighted by Crippen LogP contribution is -2.41. The lowest BCUT2D eigenvalue weighted by molar-refractivity contribution is 0.0946. The van der Waals surface area contributed by atoms with Crippen molar-refractivity contribution in [1.29, 1.82) is 0 Å². The molecule has 30 heavy (non-hydrogen) atoms. The first-order valence-electron chi connectivity index (χ1n) is 10.2. The monoisotopic (exact) mass is 479 g/mol. The number of hydrogen-bond acceptors (Lipinski definition) is 4. The van der Waals surface area contributed by atoms with Crippen LogP contribution in [0.2, 0.25) is 0 Å². The van der Waals surface area contributed by atoms with Gasteiger partial charge >= 0.3 is 0 Å². The van der Waals surface area contributed by atoms with Gasteiger partial charge in [-0.15, -0.1) is 0 Å². The summed E-state index contributed by atoms with van der Waals surface area (Å²) in [5.41, 5.74) is 1.78. The molecule has 1 N–H and O–H groups in total. The second kappa shape index (κ2) is 8.36. The van der Waals surface area contributed by atoms with Gasteiger partial charge in [0.25, 0.3) is 5.91 Å². The minimum Gasteiger partial charge on any atom is -0.352 e. The number of piperidine rings is 1. The second-order valence-electron chi connectivity index (χ2n) is 7.83. The van der Waals surface area contributed by atoms with Gasteiger partial charge in [-0.2, -0.15) is 0 Å². The molecular weight excluding hydrogens is 458 g/mol. The van der Waals surface area contributed by atoms with E-state index in [1.807, 2.05) is 36.4 Å². The molecule has 4 aromatic rings. The molecule has 1 unspecified atom stereocenters. The fraction of sp³-hybridized carbons (Fsp3) is 0.250. The van der Waals surface area contributed by atoms with Crippen LogP contribution in [-0.4, -0.2) is 30.5 Å². The maximum Gasteiger partial charge on any atom is 0.251 e. The summed E-state index contributed by atoms with van der Waals surface area (Å²) in [5, 5.41) is 6.44. The van der Waals surface area contributed by atoms with Gasteiger partial charge in [-0.25, -0.2) is 4.98 Å². The number of amides is 1. The van der Waals surface area contributed by atoms with Crippen LogP contribution in [0.4, 0.5) is 5.13 Å². The van der Waals surface area contributed by atoms with Gasteiger partial charge in [0.2, 0.25) is 0 Å². The predicted molar refractivity (Wildman–Crippen MR) is 129 cm³/mol. The summed E-state index contributed by atoms with van der Waals surface area (Å²) in [7, 11) is 0. The Bertz CT molecular complexity index is 1190. The second-order valence-corrected chi connectivity index (χ2v) is 9.76. The number of carbonyl (C=O) groups excluding carboxylic acids is 1. The van der Waals surface area contributed by atoms with E-state index in [1.54, 1.807) is 11.3 Å². The third kappa shape index (κ3) is 4.07. The van der Waals surface area contributed by atoms with Crippen LogP contribution in [0.5, 0.6) is 0 Å². The van der Waals surface area contributed by atoms with E-state index in [-0.39, 0.29) is 5.91 Å². The Labute approximate surface area is 188 Å². The van der Waals surface area contributed by atoms with Gasteiger partial charge in [0.05, 0.1) is 10.2 Å². The highest BCUT2D eigenvalue weighted by Crippen LogP contribution is 2.31. The van der Waals surface area contributed by atoms with Crippen molar-refractivity contribution >= 4 is 59.3 Å². The zero-order valence-corrected chi connectivity index (χ0v) is 18.9. The minimum atomic E-state index is -0.00284. The van der Waals surface area contributed by atoms with Crippen molar-refractivity contribution in [1.82, 2.24) is 10.3 Å². The molecule has 0 aliphatic carbocycles. The summed E-state index contributed by atoms with van der Waals surface area (Å²) in [6.07, 6.45) is 2.26. The van der Waals surface area contributed by atoms with Crippen LogP contribution in [-0.2, 0) is 0 Å². The number of halogens is 1. The van der Waals surface area contributed by atoms with E-state index in [1.165, 1.54) is 4.70 Å². The highest BCUT2D eigenvalue weighted by Gasteiger charge is 2.23. The Hall–Kier alpha value is -2.44. The molecule has 1 aromatic heterocycles. The standard InChI is InChI=1S/C24H22BrN3OS/c25-20-10-9-17-12-19(8-7-18(17)13-20)23(29)26-14-16-4-3-11-28(15-16)24-27-21-5-1-2-6-22(21)30-24/h1-2,5-10,12-13,16H,3-4,11,14-15H2,(H,26,29). The Kier molecular flexibility index (Phi) is 5.44. The molecule has 1 fully saturated rings. The van der Waals surface area contributed by atoms with Gasteiger partial charge in [-0.05, 0) is 65.9 Å². The van der Waals surface area contributed by atoms with Gasteiger partial charge < -0.3 is 10.2 Å². The van der Waals surface area contributed by atoms with Crippen LogP contribution < -0.4 is 10.2 Å². The molecular formula is C24H22BrN3OS. The molecule has 6 heteroatoms. The number of benzene rings is 3. The minimum absolute atomic E-state index is 0.00284. The number of hydrogen-bond donors (Lipinski definition) is 1. The Morgan fingerprint density at radius 3 is 2.87 bits per heavy atom. The predicted octanol–water partition coefficient (Wildman–Crippen LogP) is 5.86. The average Bonchev–Trinajstić information content (AvgIpc) is 3.22. The summed E-state index contributed by atoms with van der Waals surface area (Å²) in [5.74, 6) is 0.433. The van der Waals surface area contributed by atoms with E-state index >= 15 is 0 Å². The highest BCUT2D eigenvalue weighted by atomic mass is 79.9. The first-order chi connectivity index (χ1) is 14.7. The van der Waals surface area contributed by atoms with E-state index in [0.717, 1.165) is 51.8 Å². The Morgan fingerprint density at radius 1 is 1.13 bits per heavy atom. The van der Waals surface area contributed by atoms with Crippen molar-refractivity contribution < 1.29 is 4.79 Å². The van der Waals surface area contributed by atoms with Crippen LogP contribution in [0.15, 0.2) is 65.1 Å². The SMILES string of the molecule is O=C(NCC1CCCN(c2nc3ccccc3s2)C1)c1ccc2cc(Br)ccc2c1. The van der Waals surface area contributed by atoms with Gasteiger partial charge in [-0.1, -0.05) is 51.5 Å². The highest BCUT2D eigenvalue weighted by molar-refractivity contribution is 9.10. The van der Waals surface area contributed by atoms with Gasteiger partial charge in [0, 0.05) is 29.7 Å². The number of anilines is 1. The molecule has 0 spiro atoms. The molecule has 3 aromatic carbocycles. The topological polar surface area (TPSA) is 45.2 Å².